The minimum atomic E-state index is -0.158. The van der Waals surface area contributed by atoms with Crippen LogP contribution in [0.5, 0.6) is 5.75 Å². The number of ether oxygens (including phenoxy) is 2. The number of amides is 1. The lowest BCUT2D eigenvalue weighted by Gasteiger charge is -2.26. The van der Waals surface area contributed by atoms with Crippen LogP contribution < -0.4 is 15.4 Å². The van der Waals surface area contributed by atoms with Crippen molar-refractivity contribution in [1.82, 2.24) is 19.8 Å². The summed E-state index contributed by atoms with van der Waals surface area (Å²) in [6, 6.07) is 15.0. The first-order valence-electron chi connectivity index (χ1n) is 10.9. The van der Waals surface area contributed by atoms with Crippen molar-refractivity contribution in [1.29, 1.82) is 0 Å². The molecule has 0 unspecified atom stereocenters. The first kappa shape index (κ1) is 23.3. The maximum absolute atomic E-state index is 12.7. The molecule has 1 aliphatic heterocycles. The quantitative estimate of drug-likeness (QED) is 0.469. The van der Waals surface area contributed by atoms with Crippen molar-refractivity contribution < 1.29 is 14.3 Å². The van der Waals surface area contributed by atoms with Gasteiger partial charge in [-0.3, -0.25) is 19.6 Å². The molecule has 2 N–H and O–H groups in total. The molecule has 0 spiro atoms. The van der Waals surface area contributed by atoms with E-state index in [-0.39, 0.29) is 12.5 Å². The predicted octanol–water partition coefficient (Wildman–Crippen LogP) is 3.06. The summed E-state index contributed by atoms with van der Waals surface area (Å²) in [7, 11) is 1.62. The Hall–Kier alpha value is -2.91. The number of morpholine rings is 1. The maximum Gasteiger partial charge on any atom is 0.240 e. The van der Waals surface area contributed by atoms with Crippen molar-refractivity contribution in [3.05, 3.63) is 59.8 Å². The van der Waals surface area contributed by atoms with Crippen LogP contribution in [0.15, 0.2) is 54.7 Å². The monoisotopic (exact) mass is 469 g/mol. The van der Waals surface area contributed by atoms with Crippen molar-refractivity contribution in [2.75, 3.05) is 58.4 Å². The molecule has 9 heteroatoms. The molecule has 174 valence electrons. The summed E-state index contributed by atoms with van der Waals surface area (Å²) in [5.41, 5.74) is 2.46. The first-order chi connectivity index (χ1) is 16.1. The van der Waals surface area contributed by atoms with Gasteiger partial charge in [0.05, 0.1) is 38.2 Å². The minimum absolute atomic E-state index is 0.158. The Balaban J connectivity index is 1.46. The highest BCUT2D eigenvalue weighted by atomic mass is 35.5. The van der Waals surface area contributed by atoms with Crippen LogP contribution in [-0.2, 0) is 9.53 Å². The second-order valence-electron chi connectivity index (χ2n) is 7.71. The van der Waals surface area contributed by atoms with E-state index in [9.17, 15) is 4.79 Å². The van der Waals surface area contributed by atoms with Crippen LogP contribution in [0.3, 0.4) is 0 Å². The third-order valence-electron chi connectivity index (χ3n) is 5.42. The van der Waals surface area contributed by atoms with Gasteiger partial charge in [0.1, 0.15) is 5.75 Å². The van der Waals surface area contributed by atoms with Gasteiger partial charge in [-0.2, -0.15) is 0 Å². The molecule has 1 saturated heterocycles. The highest BCUT2D eigenvalue weighted by molar-refractivity contribution is 6.30. The lowest BCUT2D eigenvalue weighted by atomic mass is 10.2. The van der Waals surface area contributed by atoms with Gasteiger partial charge in [0.2, 0.25) is 11.9 Å². The molecule has 1 aliphatic rings. The second-order valence-corrected chi connectivity index (χ2v) is 8.14. The van der Waals surface area contributed by atoms with E-state index < -0.39 is 0 Å². The molecule has 0 aliphatic carbocycles. The molecular formula is C24H28ClN5O3. The highest BCUT2D eigenvalue weighted by Gasteiger charge is 2.15. The number of methoxy groups -OCH3 is 1. The Kier molecular flexibility index (Phi) is 7.96. The Labute approximate surface area is 198 Å². The number of hydrogen-bond acceptors (Lipinski definition) is 6. The Morgan fingerprint density at radius 3 is 2.73 bits per heavy atom. The summed E-state index contributed by atoms with van der Waals surface area (Å²) in [4.78, 5) is 19.7. The molecule has 0 saturated carbocycles. The van der Waals surface area contributed by atoms with Crippen molar-refractivity contribution >= 4 is 23.5 Å². The number of anilines is 1. The number of carbonyl (C=O) groups excluding carboxylic acids is 1. The van der Waals surface area contributed by atoms with Gasteiger partial charge in [0.25, 0.3) is 0 Å². The van der Waals surface area contributed by atoms with Crippen molar-refractivity contribution in [3.8, 4) is 22.7 Å². The Morgan fingerprint density at radius 1 is 1.18 bits per heavy atom. The fourth-order valence-electron chi connectivity index (χ4n) is 3.62. The second kappa shape index (κ2) is 11.3. The maximum atomic E-state index is 12.7. The molecule has 3 aromatic rings. The van der Waals surface area contributed by atoms with Gasteiger partial charge in [0, 0.05) is 49.0 Å². The van der Waals surface area contributed by atoms with Gasteiger partial charge in [0.15, 0.2) is 0 Å². The van der Waals surface area contributed by atoms with E-state index in [4.69, 9.17) is 21.1 Å². The van der Waals surface area contributed by atoms with Crippen LogP contribution >= 0.6 is 11.6 Å². The number of rotatable bonds is 9. The third-order valence-corrected chi connectivity index (χ3v) is 5.67. The van der Waals surface area contributed by atoms with E-state index in [1.807, 2.05) is 59.3 Å². The third kappa shape index (κ3) is 6.33. The molecule has 2 aromatic carbocycles. The number of aromatic nitrogens is 2. The predicted molar refractivity (Wildman–Crippen MR) is 129 cm³/mol. The molecule has 0 atom stereocenters. The van der Waals surface area contributed by atoms with E-state index in [1.165, 1.54) is 0 Å². The summed E-state index contributed by atoms with van der Waals surface area (Å²) in [5, 5.41) is 6.80. The average molecular weight is 470 g/mol. The van der Waals surface area contributed by atoms with E-state index in [1.54, 1.807) is 7.11 Å². The van der Waals surface area contributed by atoms with Crippen LogP contribution in [0.25, 0.3) is 16.9 Å². The molecule has 33 heavy (non-hydrogen) atoms. The van der Waals surface area contributed by atoms with Gasteiger partial charge in [-0.25, -0.2) is 4.98 Å². The minimum Gasteiger partial charge on any atom is -0.497 e. The van der Waals surface area contributed by atoms with Gasteiger partial charge in [-0.15, -0.1) is 0 Å². The molecule has 1 aromatic heterocycles. The fourth-order valence-corrected chi connectivity index (χ4v) is 3.74. The van der Waals surface area contributed by atoms with E-state index >= 15 is 0 Å². The summed E-state index contributed by atoms with van der Waals surface area (Å²) in [5.74, 6) is 0.999. The molecular weight excluding hydrogens is 442 g/mol. The number of halogens is 1. The first-order valence-corrected chi connectivity index (χ1v) is 11.3. The molecule has 0 bridgehead atoms. The number of imidazole rings is 1. The summed E-state index contributed by atoms with van der Waals surface area (Å²) >= 11 is 6.03. The van der Waals surface area contributed by atoms with Crippen molar-refractivity contribution in [2.45, 2.75) is 0 Å². The normalized spacial score (nSPS) is 14.2. The molecule has 4 rings (SSSR count). The molecule has 2 heterocycles. The van der Waals surface area contributed by atoms with Crippen molar-refractivity contribution in [2.24, 2.45) is 0 Å². The lowest BCUT2D eigenvalue weighted by molar-refractivity contribution is -0.115. The van der Waals surface area contributed by atoms with Gasteiger partial charge >= 0.3 is 0 Å². The molecule has 0 radical (unpaired) electrons. The largest absolute Gasteiger partial charge is 0.497 e. The van der Waals surface area contributed by atoms with Crippen LogP contribution in [0.1, 0.15) is 0 Å². The smallest absolute Gasteiger partial charge is 0.240 e. The molecule has 8 nitrogen and oxygen atoms in total. The van der Waals surface area contributed by atoms with Crippen LogP contribution in [0, 0.1) is 0 Å². The standard InChI is InChI=1S/C24H28ClN5O3/c1-32-21-4-2-3-20(15-21)30-17-22(18-5-7-19(25)8-6-18)27-24(30)28-23(31)16-26-9-10-29-11-13-33-14-12-29/h2-8,15,17,26H,9-14,16H2,1H3,(H,27,28,31). The number of nitrogens with zero attached hydrogens (tertiary/aromatic N) is 3. The Morgan fingerprint density at radius 2 is 1.97 bits per heavy atom. The fraction of sp³-hybridized carbons (Fsp3) is 0.333. The van der Waals surface area contributed by atoms with E-state index in [2.05, 4.69) is 20.5 Å². The number of carbonyl (C=O) groups is 1. The number of hydrogen-bond donors (Lipinski definition) is 2. The summed E-state index contributed by atoms with van der Waals surface area (Å²) in [6.07, 6.45) is 1.89. The van der Waals surface area contributed by atoms with E-state index in [0.717, 1.165) is 62.1 Å². The van der Waals surface area contributed by atoms with Gasteiger partial charge in [-0.1, -0.05) is 29.8 Å². The van der Waals surface area contributed by atoms with Crippen LogP contribution in [-0.4, -0.2) is 73.4 Å². The molecule has 1 amide bonds. The summed E-state index contributed by atoms with van der Waals surface area (Å²) < 4.78 is 12.6. The number of benzene rings is 2. The van der Waals surface area contributed by atoms with E-state index in [0.29, 0.717) is 11.0 Å². The zero-order valence-electron chi connectivity index (χ0n) is 18.6. The van der Waals surface area contributed by atoms with Crippen LogP contribution in [0.4, 0.5) is 5.95 Å². The average Bonchev–Trinajstić information content (AvgIpc) is 3.26. The number of nitrogens with one attached hydrogen (secondary N) is 2. The van der Waals surface area contributed by atoms with Crippen molar-refractivity contribution in [3.63, 3.8) is 0 Å². The topological polar surface area (TPSA) is 80.6 Å². The zero-order chi connectivity index (χ0) is 23.0. The lowest BCUT2D eigenvalue weighted by Crippen LogP contribution is -2.41. The Bertz CT molecular complexity index is 1060. The van der Waals surface area contributed by atoms with Crippen LogP contribution in [0.2, 0.25) is 5.02 Å². The highest BCUT2D eigenvalue weighted by Crippen LogP contribution is 2.27. The summed E-state index contributed by atoms with van der Waals surface area (Å²) in [6.45, 7) is 5.21. The van der Waals surface area contributed by atoms with Gasteiger partial charge < -0.3 is 14.8 Å². The molecule has 1 fully saturated rings. The van der Waals surface area contributed by atoms with Gasteiger partial charge in [-0.05, 0) is 24.3 Å². The zero-order valence-corrected chi connectivity index (χ0v) is 19.3. The SMILES string of the molecule is COc1cccc(-n2cc(-c3ccc(Cl)cc3)nc2NC(=O)CNCCN2CCOCC2)c1.